The molecule has 2 aromatic heterocycles. The van der Waals surface area contributed by atoms with Crippen molar-refractivity contribution in [3.8, 4) is 23.4 Å². The second kappa shape index (κ2) is 9.67. The first-order valence-corrected chi connectivity index (χ1v) is 11.4. The van der Waals surface area contributed by atoms with Crippen LogP contribution in [0.2, 0.25) is 5.02 Å². The van der Waals surface area contributed by atoms with E-state index in [0.717, 1.165) is 5.56 Å². The maximum atomic E-state index is 13.3. The van der Waals surface area contributed by atoms with Crippen LogP contribution in [0.15, 0.2) is 67.1 Å². The Morgan fingerprint density at radius 3 is 2.73 bits per heavy atom. The molecule has 2 aromatic carbocycles. The average molecular weight is 525 g/mol. The van der Waals surface area contributed by atoms with Gasteiger partial charge in [-0.25, -0.2) is 4.98 Å². The van der Waals surface area contributed by atoms with Gasteiger partial charge in [-0.15, -0.1) is 8.78 Å². The molecule has 188 valence electrons. The molecule has 3 N–H and O–H groups in total. The molecule has 3 heterocycles. The Hall–Kier alpha value is -4.24. The number of halogens is 3. The minimum atomic E-state index is -3.71. The zero-order valence-corrected chi connectivity index (χ0v) is 19.9. The summed E-state index contributed by atoms with van der Waals surface area (Å²) in [5, 5.41) is 26.6. The van der Waals surface area contributed by atoms with E-state index in [-0.39, 0.29) is 17.4 Å². The summed E-state index contributed by atoms with van der Waals surface area (Å²) in [6, 6.07) is 14.1. The van der Waals surface area contributed by atoms with Gasteiger partial charge in [0.1, 0.15) is 18.1 Å². The van der Waals surface area contributed by atoms with Crippen LogP contribution in [-0.2, 0) is 0 Å². The van der Waals surface area contributed by atoms with Gasteiger partial charge >= 0.3 is 6.29 Å². The number of anilines is 2. The summed E-state index contributed by atoms with van der Waals surface area (Å²) in [6.45, 7) is 1.82. The second-order valence-corrected chi connectivity index (χ2v) is 8.63. The molecule has 12 heteroatoms. The quantitative estimate of drug-likeness (QED) is 0.284. The molecule has 4 aromatic rings. The fourth-order valence-electron chi connectivity index (χ4n) is 3.77. The maximum Gasteiger partial charge on any atom is 0.586 e. The third-order valence-corrected chi connectivity index (χ3v) is 5.75. The van der Waals surface area contributed by atoms with E-state index in [1.165, 1.54) is 18.2 Å². The van der Waals surface area contributed by atoms with Gasteiger partial charge < -0.3 is 24.5 Å². The Kier molecular flexibility index (Phi) is 6.39. The van der Waals surface area contributed by atoms with Crippen LogP contribution in [0.25, 0.3) is 5.82 Å². The summed E-state index contributed by atoms with van der Waals surface area (Å²) in [5.41, 5.74) is 2.30. The number of aliphatic hydroxyl groups is 1. The molecule has 9 nitrogen and oxygen atoms in total. The number of hydrogen-bond donors (Lipinski definition) is 3. The van der Waals surface area contributed by atoms with Crippen LogP contribution in [0.5, 0.6) is 11.5 Å². The Morgan fingerprint density at radius 1 is 1.14 bits per heavy atom. The van der Waals surface area contributed by atoms with Crippen molar-refractivity contribution in [3.63, 3.8) is 0 Å². The Balaban J connectivity index is 1.33. The van der Waals surface area contributed by atoms with Crippen molar-refractivity contribution in [3.05, 3.63) is 88.8 Å². The first-order chi connectivity index (χ1) is 17.7. The third-order valence-electron chi connectivity index (χ3n) is 5.51. The van der Waals surface area contributed by atoms with Gasteiger partial charge in [-0.05, 0) is 42.8 Å². The number of aromatic nitrogens is 3. The molecular weight excluding hydrogens is 506 g/mol. The molecule has 2 unspecified atom stereocenters. The fraction of sp³-hybridized carbons (Fsp3) is 0.160. The summed E-state index contributed by atoms with van der Waals surface area (Å²) >= 11 is 6.02. The molecule has 0 bridgehead atoms. The van der Waals surface area contributed by atoms with Gasteiger partial charge in [-0.1, -0.05) is 23.7 Å². The van der Waals surface area contributed by atoms with Crippen molar-refractivity contribution in [2.24, 2.45) is 0 Å². The molecule has 5 rings (SSSR count). The lowest BCUT2D eigenvalue weighted by Crippen LogP contribution is -2.25. The van der Waals surface area contributed by atoms with Crippen LogP contribution in [0.3, 0.4) is 0 Å². The van der Waals surface area contributed by atoms with Crippen LogP contribution in [0.4, 0.5) is 20.4 Å². The lowest BCUT2D eigenvalue weighted by atomic mass is 10.1. The normalized spacial score (nSPS) is 15.1. The van der Waals surface area contributed by atoms with Crippen molar-refractivity contribution >= 4 is 23.2 Å². The number of ether oxygens (including phenoxy) is 2. The largest absolute Gasteiger partial charge is 0.586 e. The van der Waals surface area contributed by atoms with Crippen molar-refractivity contribution in [2.75, 3.05) is 5.32 Å². The van der Waals surface area contributed by atoms with Gasteiger partial charge in [0.2, 0.25) is 5.95 Å². The summed E-state index contributed by atoms with van der Waals surface area (Å²) in [7, 11) is 0. The number of alkyl halides is 2. The zero-order valence-electron chi connectivity index (χ0n) is 19.2. The van der Waals surface area contributed by atoms with Gasteiger partial charge in [0.25, 0.3) is 0 Å². The van der Waals surface area contributed by atoms with E-state index in [1.54, 1.807) is 53.5 Å². The number of nitriles is 1. The molecule has 0 aliphatic carbocycles. The molecule has 0 amide bonds. The summed E-state index contributed by atoms with van der Waals surface area (Å²) in [4.78, 5) is 8.77. The van der Waals surface area contributed by atoms with Gasteiger partial charge in [0.05, 0.1) is 6.07 Å². The molecule has 0 saturated heterocycles. The Morgan fingerprint density at radius 2 is 1.95 bits per heavy atom. The molecule has 0 fully saturated rings. The molecule has 0 spiro atoms. The van der Waals surface area contributed by atoms with E-state index < -0.39 is 18.6 Å². The minimum Gasteiger partial charge on any atom is -0.395 e. The molecule has 0 radical (unpaired) electrons. The molecule has 2 atom stereocenters. The van der Waals surface area contributed by atoms with Crippen LogP contribution >= 0.6 is 11.6 Å². The number of fused-ring (bicyclic) bond motifs is 1. The molecule has 37 heavy (non-hydrogen) atoms. The van der Waals surface area contributed by atoms with Gasteiger partial charge in [0, 0.05) is 46.5 Å². The van der Waals surface area contributed by atoms with E-state index in [4.69, 9.17) is 11.6 Å². The summed E-state index contributed by atoms with van der Waals surface area (Å²) < 4.78 is 37.2. The second-order valence-electron chi connectivity index (χ2n) is 8.19. The minimum absolute atomic E-state index is 0.0675. The van der Waals surface area contributed by atoms with Crippen LogP contribution < -0.4 is 20.1 Å². The van der Waals surface area contributed by atoms with Crippen LogP contribution in [0.1, 0.15) is 29.0 Å². The van der Waals surface area contributed by atoms with E-state index in [9.17, 15) is 19.1 Å². The molecule has 1 aliphatic rings. The SMILES string of the molecule is Cc1cnc(Nc2ccc3c(c2)OC(F)(F)O3)nc1-n1ccc(C(O)NC(C#N)c2cccc(Cl)c2)c1. The average Bonchev–Trinajstić information content (AvgIpc) is 3.46. The van der Waals surface area contributed by atoms with Crippen LogP contribution in [0, 0.1) is 18.3 Å². The smallest absolute Gasteiger partial charge is 0.395 e. The first-order valence-electron chi connectivity index (χ1n) is 11.0. The number of nitrogens with zero attached hydrogens (tertiary/aromatic N) is 4. The number of aryl methyl sites for hydroxylation is 1. The Bertz CT molecular complexity index is 1510. The highest BCUT2D eigenvalue weighted by molar-refractivity contribution is 6.30. The standard InChI is InChI=1S/C25H19ClF2N6O3/c1-14-12-30-24(31-18-5-6-20-21(10-18)37-25(27,28)36-20)33-22(14)34-8-7-16(13-34)23(35)32-19(11-29)15-3-2-4-17(26)9-15/h2-10,12-13,19,23,32,35H,1H3,(H,30,31,33). The fourth-order valence-corrected chi connectivity index (χ4v) is 3.96. The maximum absolute atomic E-state index is 13.3. The summed E-state index contributed by atoms with van der Waals surface area (Å²) in [6.07, 6.45) is 0.137. The van der Waals surface area contributed by atoms with E-state index in [1.807, 2.05) is 6.92 Å². The zero-order chi connectivity index (χ0) is 26.2. The lowest BCUT2D eigenvalue weighted by molar-refractivity contribution is -0.286. The number of rotatable bonds is 7. The number of benzene rings is 2. The highest BCUT2D eigenvalue weighted by atomic mass is 35.5. The van der Waals surface area contributed by atoms with E-state index in [2.05, 4.69) is 36.1 Å². The molecular formula is C25H19ClF2N6O3. The predicted octanol–water partition coefficient (Wildman–Crippen LogP) is 5.14. The third kappa shape index (κ3) is 5.31. The van der Waals surface area contributed by atoms with Gasteiger partial charge in [0.15, 0.2) is 11.5 Å². The van der Waals surface area contributed by atoms with Gasteiger partial charge in [-0.3, -0.25) is 5.32 Å². The van der Waals surface area contributed by atoms with Crippen molar-refractivity contribution in [1.29, 1.82) is 5.26 Å². The summed E-state index contributed by atoms with van der Waals surface area (Å²) in [5.74, 6) is 0.565. The molecule has 0 saturated carbocycles. The van der Waals surface area contributed by atoms with E-state index >= 15 is 0 Å². The lowest BCUT2D eigenvalue weighted by Gasteiger charge is -2.17. The van der Waals surface area contributed by atoms with Gasteiger partial charge in [-0.2, -0.15) is 10.2 Å². The van der Waals surface area contributed by atoms with Crippen LogP contribution in [-0.4, -0.2) is 25.9 Å². The number of aliphatic hydroxyl groups excluding tert-OH is 1. The highest BCUT2D eigenvalue weighted by Gasteiger charge is 2.43. The Labute approximate surface area is 214 Å². The predicted molar refractivity (Wildman–Crippen MR) is 130 cm³/mol. The highest BCUT2D eigenvalue weighted by Crippen LogP contribution is 2.42. The number of hydrogen-bond acceptors (Lipinski definition) is 8. The number of nitrogens with one attached hydrogen (secondary N) is 2. The molecule has 1 aliphatic heterocycles. The topological polar surface area (TPSA) is 117 Å². The first kappa shape index (κ1) is 24.5. The van der Waals surface area contributed by atoms with Crippen molar-refractivity contribution < 1.29 is 23.4 Å². The monoisotopic (exact) mass is 524 g/mol. The van der Waals surface area contributed by atoms with E-state index in [0.29, 0.717) is 27.7 Å². The van der Waals surface area contributed by atoms with Crippen molar-refractivity contribution in [2.45, 2.75) is 25.5 Å². The van der Waals surface area contributed by atoms with Crippen molar-refractivity contribution in [1.82, 2.24) is 19.9 Å².